The van der Waals surface area contributed by atoms with E-state index in [2.05, 4.69) is 15.0 Å². The SMILES string of the molecule is CCCN(Cc1nc2cc(Cl)ccc2c(=O)[nH]1)C(=O)c1ccc2ncsc2c1. The number of carbonyl (C=O) groups is 1. The Kier molecular flexibility index (Phi) is 5.11. The molecule has 0 spiro atoms. The number of thiazole rings is 1. The van der Waals surface area contributed by atoms with Gasteiger partial charge in [0.15, 0.2) is 0 Å². The van der Waals surface area contributed by atoms with Crippen molar-refractivity contribution >= 4 is 50.0 Å². The smallest absolute Gasteiger partial charge is 0.258 e. The van der Waals surface area contributed by atoms with Gasteiger partial charge in [-0.2, -0.15) is 0 Å². The summed E-state index contributed by atoms with van der Waals surface area (Å²) in [5, 5.41) is 0.980. The molecular weight excluding hydrogens is 396 g/mol. The lowest BCUT2D eigenvalue weighted by Gasteiger charge is -2.22. The molecule has 4 rings (SSSR count). The molecule has 0 fully saturated rings. The largest absolute Gasteiger partial charge is 0.331 e. The van der Waals surface area contributed by atoms with Gasteiger partial charge in [-0.3, -0.25) is 9.59 Å². The Morgan fingerprint density at radius 3 is 2.89 bits per heavy atom. The highest BCUT2D eigenvalue weighted by Crippen LogP contribution is 2.21. The molecule has 2 heterocycles. The summed E-state index contributed by atoms with van der Waals surface area (Å²) in [5.74, 6) is 0.325. The average Bonchev–Trinajstić information content (AvgIpc) is 3.14. The van der Waals surface area contributed by atoms with Crippen LogP contribution in [0.4, 0.5) is 0 Å². The van der Waals surface area contributed by atoms with E-state index in [4.69, 9.17) is 11.6 Å². The van der Waals surface area contributed by atoms with Crippen molar-refractivity contribution in [3.05, 3.63) is 68.7 Å². The zero-order chi connectivity index (χ0) is 19.7. The molecule has 0 aliphatic rings. The van der Waals surface area contributed by atoms with Crippen molar-refractivity contribution in [1.82, 2.24) is 19.9 Å². The molecule has 28 heavy (non-hydrogen) atoms. The number of fused-ring (bicyclic) bond motifs is 2. The molecule has 0 bridgehead atoms. The summed E-state index contributed by atoms with van der Waals surface area (Å²) in [7, 11) is 0. The van der Waals surface area contributed by atoms with Crippen molar-refractivity contribution in [2.24, 2.45) is 0 Å². The summed E-state index contributed by atoms with van der Waals surface area (Å²) in [5.41, 5.74) is 3.50. The molecule has 0 aliphatic carbocycles. The first-order chi connectivity index (χ1) is 13.5. The van der Waals surface area contributed by atoms with Crippen molar-refractivity contribution in [3.8, 4) is 0 Å². The molecule has 0 saturated heterocycles. The van der Waals surface area contributed by atoms with Gasteiger partial charge in [0, 0.05) is 17.1 Å². The molecule has 2 aromatic carbocycles. The van der Waals surface area contributed by atoms with Gasteiger partial charge in [-0.15, -0.1) is 11.3 Å². The Balaban J connectivity index is 1.67. The lowest BCUT2D eigenvalue weighted by molar-refractivity contribution is 0.0739. The second kappa shape index (κ2) is 7.69. The van der Waals surface area contributed by atoms with Crippen LogP contribution in [0.2, 0.25) is 5.02 Å². The third kappa shape index (κ3) is 3.63. The van der Waals surface area contributed by atoms with Gasteiger partial charge >= 0.3 is 0 Å². The van der Waals surface area contributed by atoms with E-state index in [9.17, 15) is 9.59 Å². The lowest BCUT2D eigenvalue weighted by atomic mass is 10.2. The molecule has 6 nitrogen and oxygen atoms in total. The quantitative estimate of drug-likeness (QED) is 0.531. The highest BCUT2D eigenvalue weighted by molar-refractivity contribution is 7.16. The van der Waals surface area contributed by atoms with Crippen LogP contribution in [0.25, 0.3) is 21.1 Å². The first-order valence-corrected chi connectivity index (χ1v) is 10.1. The number of aromatic nitrogens is 3. The third-order valence-electron chi connectivity index (χ3n) is 4.42. The second-order valence-electron chi connectivity index (χ2n) is 6.44. The number of amides is 1. The second-order valence-corrected chi connectivity index (χ2v) is 7.76. The molecule has 2 aromatic heterocycles. The first kappa shape index (κ1) is 18.6. The van der Waals surface area contributed by atoms with E-state index < -0.39 is 0 Å². The van der Waals surface area contributed by atoms with Gasteiger partial charge in [-0.25, -0.2) is 9.97 Å². The Hall–Kier alpha value is -2.77. The number of halogens is 1. The predicted octanol–water partition coefficient (Wildman–Crippen LogP) is 4.24. The van der Waals surface area contributed by atoms with E-state index in [0.29, 0.717) is 33.9 Å². The van der Waals surface area contributed by atoms with Gasteiger partial charge in [-0.05, 0) is 42.8 Å². The maximum atomic E-state index is 13.1. The van der Waals surface area contributed by atoms with Gasteiger partial charge < -0.3 is 9.88 Å². The number of H-pyrrole nitrogens is 1. The van der Waals surface area contributed by atoms with Crippen LogP contribution in [0.3, 0.4) is 0 Å². The number of hydrogen-bond donors (Lipinski definition) is 1. The fraction of sp³-hybridized carbons (Fsp3) is 0.200. The third-order valence-corrected chi connectivity index (χ3v) is 5.44. The van der Waals surface area contributed by atoms with Crippen LogP contribution in [0.1, 0.15) is 29.5 Å². The highest BCUT2D eigenvalue weighted by Gasteiger charge is 2.18. The van der Waals surface area contributed by atoms with Crippen LogP contribution in [-0.4, -0.2) is 32.3 Å². The van der Waals surface area contributed by atoms with E-state index in [1.54, 1.807) is 34.7 Å². The molecule has 0 aliphatic heterocycles. The summed E-state index contributed by atoms with van der Waals surface area (Å²) >= 11 is 7.53. The van der Waals surface area contributed by atoms with Crippen molar-refractivity contribution in [3.63, 3.8) is 0 Å². The Bertz CT molecular complexity index is 1230. The van der Waals surface area contributed by atoms with Crippen molar-refractivity contribution < 1.29 is 4.79 Å². The van der Waals surface area contributed by atoms with Crippen molar-refractivity contribution in [2.75, 3.05) is 6.54 Å². The number of carbonyl (C=O) groups excluding carboxylic acids is 1. The predicted molar refractivity (Wildman–Crippen MR) is 112 cm³/mol. The molecule has 8 heteroatoms. The minimum atomic E-state index is -0.244. The van der Waals surface area contributed by atoms with Gasteiger partial charge in [-0.1, -0.05) is 18.5 Å². The monoisotopic (exact) mass is 412 g/mol. The van der Waals surface area contributed by atoms with Crippen LogP contribution < -0.4 is 5.56 Å². The average molecular weight is 413 g/mol. The van der Waals surface area contributed by atoms with Crippen molar-refractivity contribution in [2.45, 2.75) is 19.9 Å². The van der Waals surface area contributed by atoms with E-state index >= 15 is 0 Å². The Morgan fingerprint density at radius 2 is 2.07 bits per heavy atom. The standard InChI is InChI=1S/C20H17ClN4O2S/c1-2-7-25(20(27)12-3-6-15-17(8-12)28-11-22-15)10-18-23-16-9-13(21)4-5-14(16)19(26)24-18/h3-6,8-9,11H,2,7,10H2,1H3,(H,23,24,26). The minimum absolute atomic E-state index is 0.106. The Morgan fingerprint density at radius 1 is 1.21 bits per heavy atom. The minimum Gasteiger partial charge on any atom is -0.331 e. The molecule has 0 saturated carbocycles. The molecule has 1 N–H and O–H groups in total. The fourth-order valence-electron chi connectivity index (χ4n) is 3.11. The number of rotatable bonds is 5. The molecule has 4 aromatic rings. The topological polar surface area (TPSA) is 79.0 Å². The first-order valence-electron chi connectivity index (χ1n) is 8.86. The molecule has 0 radical (unpaired) electrons. The highest BCUT2D eigenvalue weighted by atomic mass is 35.5. The maximum absolute atomic E-state index is 13.1. The number of nitrogens with one attached hydrogen (secondary N) is 1. The lowest BCUT2D eigenvalue weighted by Crippen LogP contribution is -2.32. The normalized spacial score (nSPS) is 11.2. The van der Waals surface area contributed by atoms with E-state index in [0.717, 1.165) is 16.6 Å². The van der Waals surface area contributed by atoms with Crippen LogP contribution in [0.15, 0.2) is 46.7 Å². The zero-order valence-electron chi connectivity index (χ0n) is 15.1. The number of hydrogen-bond acceptors (Lipinski definition) is 5. The fourth-order valence-corrected chi connectivity index (χ4v) is 3.99. The molecule has 1 amide bonds. The molecule has 0 unspecified atom stereocenters. The van der Waals surface area contributed by atoms with E-state index in [1.807, 2.05) is 19.1 Å². The summed E-state index contributed by atoms with van der Waals surface area (Å²) in [6.45, 7) is 2.77. The molecule has 0 atom stereocenters. The number of nitrogens with zero attached hydrogens (tertiary/aromatic N) is 3. The summed E-state index contributed by atoms with van der Waals surface area (Å²) in [4.78, 5) is 38.6. The van der Waals surface area contributed by atoms with E-state index in [1.165, 1.54) is 11.3 Å². The van der Waals surface area contributed by atoms with Gasteiger partial charge in [0.05, 0.1) is 33.2 Å². The van der Waals surface area contributed by atoms with Crippen molar-refractivity contribution in [1.29, 1.82) is 0 Å². The summed E-state index contributed by atoms with van der Waals surface area (Å²) in [6, 6.07) is 10.4. The summed E-state index contributed by atoms with van der Waals surface area (Å²) in [6.07, 6.45) is 0.790. The van der Waals surface area contributed by atoms with Gasteiger partial charge in [0.2, 0.25) is 0 Å². The number of benzene rings is 2. The summed E-state index contributed by atoms with van der Waals surface area (Å²) < 4.78 is 0.967. The Labute approximate surface area is 169 Å². The molecular formula is C20H17ClN4O2S. The zero-order valence-corrected chi connectivity index (χ0v) is 16.7. The van der Waals surface area contributed by atoms with Crippen LogP contribution >= 0.6 is 22.9 Å². The van der Waals surface area contributed by atoms with Gasteiger partial charge in [0.1, 0.15) is 5.82 Å². The van der Waals surface area contributed by atoms with E-state index in [-0.39, 0.29) is 18.0 Å². The van der Waals surface area contributed by atoms with Crippen LogP contribution in [0.5, 0.6) is 0 Å². The van der Waals surface area contributed by atoms with Gasteiger partial charge in [0.25, 0.3) is 11.5 Å². The molecule has 142 valence electrons. The maximum Gasteiger partial charge on any atom is 0.258 e. The number of aromatic amines is 1. The van der Waals surface area contributed by atoms with Crippen LogP contribution in [0, 0.1) is 0 Å². The van der Waals surface area contributed by atoms with Crippen LogP contribution in [-0.2, 0) is 6.54 Å².